The van der Waals surface area contributed by atoms with Crippen LogP contribution in [0.2, 0.25) is 0 Å². The summed E-state index contributed by atoms with van der Waals surface area (Å²) in [4.78, 5) is 28.4. The van der Waals surface area contributed by atoms with E-state index in [-0.39, 0.29) is 23.6 Å². The van der Waals surface area contributed by atoms with Crippen LogP contribution in [0.3, 0.4) is 0 Å². The van der Waals surface area contributed by atoms with Gasteiger partial charge >= 0.3 is 5.88 Å². The van der Waals surface area contributed by atoms with Crippen LogP contribution in [0.4, 0.5) is 5.88 Å². The minimum atomic E-state index is -0.625. The van der Waals surface area contributed by atoms with Crippen molar-refractivity contribution >= 4 is 39.4 Å². The summed E-state index contributed by atoms with van der Waals surface area (Å²) in [5.41, 5.74) is 0.911. The fraction of sp³-hybridized carbons (Fsp3) is 0.176. The number of para-hydroxylation sites is 1. The summed E-state index contributed by atoms with van der Waals surface area (Å²) in [5, 5.41) is 11.4. The van der Waals surface area contributed by atoms with Crippen LogP contribution in [-0.4, -0.2) is 27.8 Å². The molecule has 0 spiro atoms. The monoisotopic (exact) mass is 357 g/mol. The van der Waals surface area contributed by atoms with Crippen LogP contribution in [0.15, 0.2) is 46.9 Å². The summed E-state index contributed by atoms with van der Waals surface area (Å²) >= 11 is 1.55. The SMILES string of the molecule is C[C@@H](c1nc2ccccc2s1)N(C)C(=O)/C=C/c1ccc([N+](=O)[O-])o1. The zero-order valence-electron chi connectivity index (χ0n) is 13.6. The van der Waals surface area contributed by atoms with E-state index in [0.717, 1.165) is 15.2 Å². The molecular weight excluding hydrogens is 342 g/mol. The molecule has 0 fully saturated rings. The molecule has 3 aromatic rings. The number of likely N-dealkylation sites (N-methyl/N-ethyl adjacent to an activating group) is 1. The van der Waals surface area contributed by atoms with Gasteiger partial charge in [0.1, 0.15) is 15.7 Å². The van der Waals surface area contributed by atoms with E-state index < -0.39 is 4.92 Å². The van der Waals surface area contributed by atoms with Gasteiger partial charge in [-0.05, 0) is 31.2 Å². The van der Waals surface area contributed by atoms with E-state index in [1.807, 2.05) is 31.2 Å². The lowest BCUT2D eigenvalue weighted by Crippen LogP contribution is -2.27. The van der Waals surface area contributed by atoms with Gasteiger partial charge in [-0.15, -0.1) is 11.3 Å². The molecule has 0 saturated heterocycles. The Morgan fingerprint density at radius 2 is 2.12 bits per heavy atom. The summed E-state index contributed by atoms with van der Waals surface area (Å²) in [6, 6.07) is 10.3. The highest BCUT2D eigenvalue weighted by Crippen LogP contribution is 2.29. The van der Waals surface area contributed by atoms with Crippen LogP contribution in [-0.2, 0) is 4.79 Å². The smallest absolute Gasteiger partial charge is 0.401 e. The fourth-order valence-electron chi connectivity index (χ4n) is 2.23. The lowest BCUT2D eigenvalue weighted by atomic mass is 10.3. The Bertz CT molecular complexity index is 927. The third-order valence-electron chi connectivity index (χ3n) is 3.78. The number of nitro groups is 1. The fourth-order valence-corrected chi connectivity index (χ4v) is 3.29. The van der Waals surface area contributed by atoms with Crippen molar-refractivity contribution in [3.05, 3.63) is 63.4 Å². The van der Waals surface area contributed by atoms with Crippen LogP contribution >= 0.6 is 11.3 Å². The van der Waals surface area contributed by atoms with Crippen molar-refractivity contribution in [2.24, 2.45) is 0 Å². The van der Waals surface area contributed by atoms with Gasteiger partial charge in [0.2, 0.25) is 5.91 Å². The van der Waals surface area contributed by atoms with Gasteiger partial charge in [0.05, 0.1) is 22.3 Å². The minimum Gasteiger partial charge on any atom is -0.401 e. The molecule has 1 atom stereocenters. The van der Waals surface area contributed by atoms with Crippen molar-refractivity contribution in [3.63, 3.8) is 0 Å². The highest BCUT2D eigenvalue weighted by molar-refractivity contribution is 7.18. The van der Waals surface area contributed by atoms with E-state index in [9.17, 15) is 14.9 Å². The molecule has 0 saturated carbocycles. The molecule has 25 heavy (non-hydrogen) atoms. The number of furan rings is 1. The second-order valence-corrected chi connectivity index (χ2v) is 6.47. The number of nitrogens with zero attached hydrogens (tertiary/aromatic N) is 3. The highest BCUT2D eigenvalue weighted by atomic mass is 32.1. The molecule has 0 bridgehead atoms. The Morgan fingerprint density at radius 1 is 1.36 bits per heavy atom. The predicted octanol–water partition coefficient (Wildman–Crippen LogP) is 4.03. The molecule has 0 N–H and O–H groups in total. The van der Waals surface area contributed by atoms with E-state index in [2.05, 4.69) is 4.98 Å². The molecule has 0 aliphatic heterocycles. The van der Waals surface area contributed by atoms with Crippen molar-refractivity contribution in [3.8, 4) is 0 Å². The summed E-state index contributed by atoms with van der Waals surface area (Å²) in [6.45, 7) is 1.90. The van der Waals surface area contributed by atoms with Crippen molar-refractivity contribution in [1.29, 1.82) is 0 Å². The van der Waals surface area contributed by atoms with E-state index in [4.69, 9.17) is 4.42 Å². The number of rotatable bonds is 5. The Kier molecular flexibility index (Phi) is 4.62. The summed E-state index contributed by atoms with van der Waals surface area (Å²) in [6.07, 6.45) is 2.74. The first-order chi connectivity index (χ1) is 12.0. The second-order valence-electron chi connectivity index (χ2n) is 5.41. The van der Waals surface area contributed by atoms with Gasteiger partial charge in [0.25, 0.3) is 0 Å². The zero-order chi connectivity index (χ0) is 18.0. The number of aromatic nitrogens is 1. The number of hydrogen-bond donors (Lipinski definition) is 0. The van der Waals surface area contributed by atoms with Gasteiger partial charge in [0.15, 0.2) is 0 Å². The number of benzene rings is 1. The quantitative estimate of drug-likeness (QED) is 0.391. The second kappa shape index (κ2) is 6.86. The topological polar surface area (TPSA) is 89.5 Å². The molecule has 2 aromatic heterocycles. The number of thiazole rings is 1. The molecule has 0 unspecified atom stereocenters. The molecule has 0 radical (unpaired) electrons. The van der Waals surface area contributed by atoms with Crippen LogP contribution in [0.1, 0.15) is 23.7 Å². The Morgan fingerprint density at radius 3 is 2.80 bits per heavy atom. The van der Waals surface area contributed by atoms with E-state index >= 15 is 0 Å². The normalized spacial score (nSPS) is 12.6. The van der Waals surface area contributed by atoms with Crippen LogP contribution in [0.25, 0.3) is 16.3 Å². The first-order valence-corrected chi connectivity index (χ1v) is 8.32. The molecule has 1 aromatic carbocycles. The minimum absolute atomic E-state index is 0.194. The van der Waals surface area contributed by atoms with Gasteiger partial charge in [-0.2, -0.15) is 0 Å². The van der Waals surface area contributed by atoms with Crippen LogP contribution in [0.5, 0.6) is 0 Å². The number of fused-ring (bicyclic) bond motifs is 1. The highest BCUT2D eigenvalue weighted by Gasteiger charge is 2.19. The van der Waals surface area contributed by atoms with Crippen molar-refractivity contribution in [1.82, 2.24) is 9.88 Å². The summed E-state index contributed by atoms with van der Waals surface area (Å²) in [5.74, 6) is -0.352. The number of carbonyl (C=O) groups excluding carboxylic acids is 1. The van der Waals surface area contributed by atoms with Gasteiger partial charge in [-0.3, -0.25) is 14.9 Å². The van der Waals surface area contributed by atoms with E-state index in [1.165, 1.54) is 24.3 Å². The largest absolute Gasteiger partial charge is 0.433 e. The number of carbonyl (C=O) groups is 1. The molecule has 3 rings (SSSR count). The van der Waals surface area contributed by atoms with Crippen molar-refractivity contribution < 1.29 is 14.1 Å². The standard InChI is InChI=1S/C17H15N3O4S/c1-11(17-18-13-5-3-4-6-14(13)25-17)19(2)15(21)9-7-12-8-10-16(24-12)20(22)23/h3-11H,1-2H3/b9-7+/t11-/m0/s1. The average molecular weight is 357 g/mol. The van der Waals surface area contributed by atoms with Crippen molar-refractivity contribution in [2.45, 2.75) is 13.0 Å². The molecular formula is C17H15N3O4S. The maximum Gasteiger partial charge on any atom is 0.433 e. The van der Waals surface area contributed by atoms with Gasteiger partial charge in [-0.25, -0.2) is 4.98 Å². The predicted molar refractivity (Wildman–Crippen MR) is 95.2 cm³/mol. The lowest BCUT2D eigenvalue weighted by molar-refractivity contribution is -0.402. The third-order valence-corrected chi connectivity index (χ3v) is 4.99. The van der Waals surface area contributed by atoms with E-state index in [1.54, 1.807) is 23.3 Å². The molecule has 0 aliphatic carbocycles. The van der Waals surface area contributed by atoms with Gasteiger partial charge < -0.3 is 9.32 Å². The summed E-state index contributed by atoms with van der Waals surface area (Å²) < 4.78 is 6.07. The zero-order valence-corrected chi connectivity index (χ0v) is 14.4. The Hall–Kier alpha value is -3.00. The Labute approximate surface area is 147 Å². The molecule has 0 aliphatic rings. The third kappa shape index (κ3) is 3.58. The van der Waals surface area contributed by atoms with Gasteiger partial charge in [0, 0.05) is 13.1 Å². The average Bonchev–Trinajstić information content (AvgIpc) is 3.24. The first-order valence-electron chi connectivity index (χ1n) is 7.50. The van der Waals surface area contributed by atoms with E-state index in [0.29, 0.717) is 0 Å². The van der Waals surface area contributed by atoms with Crippen molar-refractivity contribution in [2.75, 3.05) is 7.05 Å². The molecule has 2 heterocycles. The molecule has 1 amide bonds. The molecule has 8 heteroatoms. The maximum absolute atomic E-state index is 12.3. The molecule has 7 nitrogen and oxygen atoms in total. The number of amides is 1. The first kappa shape index (κ1) is 16.8. The van der Waals surface area contributed by atoms with Gasteiger partial charge in [-0.1, -0.05) is 12.1 Å². The summed E-state index contributed by atoms with van der Waals surface area (Å²) in [7, 11) is 1.69. The van der Waals surface area contributed by atoms with Crippen LogP contribution < -0.4 is 0 Å². The van der Waals surface area contributed by atoms with Crippen LogP contribution in [0, 0.1) is 10.1 Å². The molecule has 128 valence electrons. The number of hydrogen-bond acceptors (Lipinski definition) is 6. The lowest BCUT2D eigenvalue weighted by Gasteiger charge is -2.21. The Balaban J connectivity index is 1.72. The maximum atomic E-state index is 12.3.